The SMILES string of the molecule is NC(=NCCCN1CCN(c2cccc(C(F)(F)F)c2)CC1)NC1CC1. The molecule has 2 aliphatic rings. The molecule has 0 bridgehead atoms. The number of piperazine rings is 1. The van der Waals surface area contributed by atoms with Crippen LogP contribution in [0.5, 0.6) is 0 Å². The standard InChI is InChI=1S/C18H26F3N5/c19-18(20,21)14-3-1-4-16(13-14)26-11-9-25(10-12-26)8-2-7-23-17(22)24-15-5-6-15/h1,3-4,13,15H,2,5-12H2,(H3,22,23,24). The van der Waals surface area contributed by atoms with Gasteiger partial charge in [-0.1, -0.05) is 6.07 Å². The van der Waals surface area contributed by atoms with E-state index in [-0.39, 0.29) is 0 Å². The fourth-order valence-electron chi connectivity index (χ4n) is 3.08. The lowest BCUT2D eigenvalue weighted by Gasteiger charge is -2.36. The Hall–Kier alpha value is -1.96. The van der Waals surface area contributed by atoms with E-state index in [1.807, 2.05) is 4.90 Å². The number of nitrogens with two attached hydrogens (primary N) is 1. The van der Waals surface area contributed by atoms with Gasteiger partial charge in [0.2, 0.25) is 0 Å². The molecule has 1 aliphatic carbocycles. The molecule has 0 radical (unpaired) electrons. The molecule has 1 aromatic rings. The molecule has 1 saturated carbocycles. The fraction of sp³-hybridized carbons (Fsp3) is 0.611. The van der Waals surface area contributed by atoms with Gasteiger partial charge in [-0.2, -0.15) is 13.2 Å². The molecule has 0 unspecified atom stereocenters. The summed E-state index contributed by atoms with van der Waals surface area (Å²) in [5.74, 6) is 0.530. The highest BCUT2D eigenvalue weighted by Crippen LogP contribution is 2.31. The molecule has 1 saturated heterocycles. The molecule has 144 valence electrons. The number of alkyl halides is 3. The number of halogens is 3. The molecule has 1 aromatic carbocycles. The van der Waals surface area contributed by atoms with Crippen molar-refractivity contribution >= 4 is 11.6 Å². The maximum Gasteiger partial charge on any atom is 0.416 e. The third-order valence-electron chi connectivity index (χ3n) is 4.75. The average molecular weight is 369 g/mol. The second-order valence-corrected chi connectivity index (χ2v) is 6.92. The van der Waals surface area contributed by atoms with Crippen LogP contribution in [0.15, 0.2) is 29.3 Å². The normalized spacial score (nSPS) is 19.7. The van der Waals surface area contributed by atoms with Crippen LogP contribution in [-0.2, 0) is 6.18 Å². The van der Waals surface area contributed by atoms with Gasteiger partial charge in [-0.15, -0.1) is 0 Å². The Morgan fingerprint density at radius 2 is 1.92 bits per heavy atom. The highest BCUT2D eigenvalue weighted by Gasteiger charge is 2.31. The maximum absolute atomic E-state index is 12.8. The Morgan fingerprint density at radius 1 is 1.19 bits per heavy atom. The summed E-state index contributed by atoms with van der Waals surface area (Å²) in [4.78, 5) is 8.66. The van der Waals surface area contributed by atoms with Crippen LogP contribution in [0.4, 0.5) is 18.9 Å². The van der Waals surface area contributed by atoms with Gasteiger partial charge in [0, 0.05) is 51.0 Å². The Kier molecular flexibility index (Phi) is 5.90. The molecule has 0 atom stereocenters. The fourth-order valence-corrected chi connectivity index (χ4v) is 3.08. The van der Waals surface area contributed by atoms with Gasteiger partial charge in [0.1, 0.15) is 0 Å². The molecule has 0 amide bonds. The number of rotatable bonds is 6. The van der Waals surface area contributed by atoms with E-state index in [1.165, 1.54) is 25.0 Å². The van der Waals surface area contributed by atoms with E-state index >= 15 is 0 Å². The lowest BCUT2D eigenvalue weighted by atomic mass is 10.1. The topological polar surface area (TPSA) is 56.9 Å². The van der Waals surface area contributed by atoms with E-state index in [1.54, 1.807) is 6.07 Å². The summed E-state index contributed by atoms with van der Waals surface area (Å²) in [6.45, 7) is 4.77. The first-order chi connectivity index (χ1) is 12.4. The van der Waals surface area contributed by atoms with Crippen molar-refractivity contribution in [2.45, 2.75) is 31.5 Å². The van der Waals surface area contributed by atoms with Gasteiger partial charge < -0.3 is 16.0 Å². The molecule has 26 heavy (non-hydrogen) atoms. The van der Waals surface area contributed by atoms with Gasteiger partial charge in [-0.05, 0) is 37.5 Å². The minimum atomic E-state index is -4.30. The molecule has 1 heterocycles. The van der Waals surface area contributed by atoms with Crippen LogP contribution in [0.1, 0.15) is 24.8 Å². The number of nitrogens with zero attached hydrogens (tertiary/aromatic N) is 3. The second-order valence-electron chi connectivity index (χ2n) is 6.92. The largest absolute Gasteiger partial charge is 0.416 e. The first kappa shape index (κ1) is 18.8. The van der Waals surface area contributed by atoms with Gasteiger partial charge in [-0.25, -0.2) is 0 Å². The monoisotopic (exact) mass is 369 g/mol. The van der Waals surface area contributed by atoms with Gasteiger partial charge >= 0.3 is 6.18 Å². The van der Waals surface area contributed by atoms with Crippen molar-refractivity contribution in [3.63, 3.8) is 0 Å². The molecule has 5 nitrogen and oxygen atoms in total. The van der Waals surface area contributed by atoms with E-state index in [4.69, 9.17) is 5.73 Å². The summed E-state index contributed by atoms with van der Waals surface area (Å²) in [5.41, 5.74) is 5.85. The van der Waals surface area contributed by atoms with Crippen molar-refractivity contribution < 1.29 is 13.2 Å². The summed E-state index contributed by atoms with van der Waals surface area (Å²) >= 11 is 0. The summed E-state index contributed by atoms with van der Waals surface area (Å²) in [7, 11) is 0. The molecule has 8 heteroatoms. The second kappa shape index (κ2) is 8.16. The number of hydrogen-bond acceptors (Lipinski definition) is 3. The van der Waals surface area contributed by atoms with E-state index < -0.39 is 11.7 Å². The summed E-state index contributed by atoms with van der Waals surface area (Å²) in [5, 5.41) is 3.16. The van der Waals surface area contributed by atoms with E-state index in [0.717, 1.165) is 45.2 Å². The van der Waals surface area contributed by atoms with Crippen molar-refractivity contribution in [1.29, 1.82) is 0 Å². The van der Waals surface area contributed by atoms with Crippen LogP contribution in [0.25, 0.3) is 0 Å². The average Bonchev–Trinajstić information content (AvgIpc) is 3.43. The number of anilines is 1. The number of benzene rings is 1. The third kappa shape index (κ3) is 5.52. The lowest BCUT2D eigenvalue weighted by Crippen LogP contribution is -2.46. The van der Waals surface area contributed by atoms with Crippen LogP contribution < -0.4 is 16.0 Å². The number of nitrogens with one attached hydrogen (secondary N) is 1. The summed E-state index contributed by atoms with van der Waals surface area (Å²) < 4.78 is 38.5. The van der Waals surface area contributed by atoms with Crippen molar-refractivity contribution in [1.82, 2.24) is 10.2 Å². The predicted molar refractivity (Wildman–Crippen MR) is 97.4 cm³/mol. The van der Waals surface area contributed by atoms with E-state index in [9.17, 15) is 13.2 Å². The third-order valence-corrected chi connectivity index (χ3v) is 4.75. The van der Waals surface area contributed by atoms with E-state index in [0.29, 0.717) is 24.2 Å². The molecule has 3 N–H and O–H groups in total. The lowest BCUT2D eigenvalue weighted by molar-refractivity contribution is -0.137. The molecule has 1 aliphatic heterocycles. The van der Waals surface area contributed by atoms with Crippen LogP contribution >= 0.6 is 0 Å². The molecule has 2 fully saturated rings. The Morgan fingerprint density at radius 3 is 2.58 bits per heavy atom. The van der Waals surface area contributed by atoms with Crippen molar-refractivity contribution in [2.24, 2.45) is 10.7 Å². The first-order valence-corrected chi connectivity index (χ1v) is 9.13. The minimum absolute atomic E-state index is 0.516. The highest BCUT2D eigenvalue weighted by molar-refractivity contribution is 5.78. The number of guanidine groups is 1. The Bertz CT molecular complexity index is 619. The van der Waals surface area contributed by atoms with Crippen molar-refractivity contribution in [3.05, 3.63) is 29.8 Å². The molecule has 0 aromatic heterocycles. The van der Waals surface area contributed by atoms with Crippen LogP contribution in [0.3, 0.4) is 0 Å². The molecular formula is C18H26F3N5. The van der Waals surface area contributed by atoms with Crippen molar-refractivity contribution in [2.75, 3.05) is 44.2 Å². The number of hydrogen-bond donors (Lipinski definition) is 2. The summed E-state index contributed by atoms with van der Waals surface area (Å²) in [6.07, 6.45) is -1.02. The van der Waals surface area contributed by atoms with Crippen LogP contribution in [0, 0.1) is 0 Å². The van der Waals surface area contributed by atoms with Crippen LogP contribution in [0.2, 0.25) is 0 Å². The highest BCUT2D eigenvalue weighted by atomic mass is 19.4. The smallest absolute Gasteiger partial charge is 0.370 e. The molecular weight excluding hydrogens is 343 g/mol. The van der Waals surface area contributed by atoms with Gasteiger partial charge in [0.25, 0.3) is 0 Å². The van der Waals surface area contributed by atoms with Gasteiger partial charge in [0.15, 0.2) is 5.96 Å². The Labute approximate surface area is 152 Å². The van der Waals surface area contributed by atoms with E-state index in [2.05, 4.69) is 15.2 Å². The molecule has 0 spiro atoms. The van der Waals surface area contributed by atoms with Crippen molar-refractivity contribution in [3.8, 4) is 0 Å². The van der Waals surface area contributed by atoms with Gasteiger partial charge in [-0.3, -0.25) is 9.89 Å². The zero-order valence-corrected chi connectivity index (χ0v) is 14.8. The zero-order valence-electron chi connectivity index (χ0n) is 14.8. The number of aliphatic imine (C=N–C) groups is 1. The van der Waals surface area contributed by atoms with Gasteiger partial charge in [0.05, 0.1) is 5.56 Å². The Balaban J connectivity index is 1.40. The quantitative estimate of drug-likeness (QED) is 0.459. The first-order valence-electron chi connectivity index (χ1n) is 9.13. The summed E-state index contributed by atoms with van der Waals surface area (Å²) in [6, 6.07) is 6.09. The maximum atomic E-state index is 12.8. The molecule has 3 rings (SSSR count). The van der Waals surface area contributed by atoms with Crippen LogP contribution in [-0.4, -0.2) is 56.2 Å². The zero-order chi connectivity index (χ0) is 18.6. The predicted octanol–water partition coefficient (Wildman–Crippen LogP) is 2.28. The minimum Gasteiger partial charge on any atom is -0.370 e.